The van der Waals surface area contributed by atoms with Crippen LogP contribution in [0.4, 0.5) is 5.69 Å². The second kappa shape index (κ2) is 9.52. The second-order valence-corrected chi connectivity index (χ2v) is 7.77. The van der Waals surface area contributed by atoms with Crippen LogP contribution in [0.25, 0.3) is 0 Å². The van der Waals surface area contributed by atoms with Crippen LogP contribution < -0.4 is 16.6 Å². The molecule has 0 atom stereocenters. The van der Waals surface area contributed by atoms with Gasteiger partial charge in [0, 0.05) is 14.1 Å². The molecule has 1 amide bonds. The Morgan fingerprint density at radius 1 is 1.16 bits per heavy atom. The van der Waals surface area contributed by atoms with Crippen LogP contribution in [0.5, 0.6) is 5.88 Å². The van der Waals surface area contributed by atoms with Crippen molar-refractivity contribution >= 4 is 28.4 Å². The van der Waals surface area contributed by atoms with Gasteiger partial charge in [-0.25, -0.2) is 9.79 Å². The average Bonchev–Trinajstić information content (AvgIpc) is 3.28. The zero-order valence-electron chi connectivity index (χ0n) is 17.3. The number of rotatable bonds is 6. The number of nitrogens with one attached hydrogen (secondary N) is 1. The van der Waals surface area contributed by atoms with Crippen LogP contribution in [-0.4, -0.2) is 30.9 Å². The van der Waals surface area contributed by atoms with Gasteiger partial charge in [0.05, 0.1) is 24.2 Å². The van der Waals surface area contributed by atoms with Gasteiger partial charge in [-0.2, -0.15) is 0 Å². The summed E-state index contributed by atoms with van der Waals surface area (Å²) >= 11 is 0.989. The molecule has 0 spiro atoms. The van der Waals surface area contributed by atoms with Gasteiger partial charge in [0.15, 0.2) is 0 Å². The van der Waals surface area contributed by atoms with Gasteiger partial charge in [-0.15, -0.1) is 0 Å². The first-order chi connectivity index (χ1) is 14.8. The highest BCUT2D eigenvalue weighted by atomic mass is 32.2. The van der Waals surface area contributed by atoms with Crippen molar-refractivity contribution in [2.45, 2.75) is 13.5 Å². The Morgan fingerprint density at radius 2 is 1.87 bits per heavy atom. The molecule has 0 bridgehead atoms. The first-order valence-electron chi connectivity index (χ1n) is 9.34. The molecule has 0 aliphatic carbocycles. The SMILES string of the molecule is Cc1ccc(N=C(SCC(=O)NCc2ccco2)c2c(O)n(C)c(=O)n(C)c2=O)cc1. The molecule has 31 heavy (non-hydrogen) atoms. The lowest BCUT2D eigenvalue weighted by Crippen LogP contribution is -2.39. The van der Waals surface area contributed by atoms with Crippen LogP contribution in [0.1, 0.15) is 16.9 Å². The Bertz CT molecular complexity index is 1220. The van der Waals surface area contributed by atoms with E-state index in [2.05, 4.69) is 10.3 Å². The predicted octanol–water partition coefficient (Wildman–Crippen LogP) is 1.82. The normalized spacial score (nSPS) is 11.5. The quantitative estimate of drug-likeness (QED) is 0.444. The molecule has 0 unspecified atom stereocenters. The van der Waals surface area contributed by atoms with E-state index >= 15 is 0 Å². The molecule has 3 aromatic rings. The lowest BCUT2D eigenvalue weighted by Gasteiger charge is -2.12. The summed E-state index contributed by atoms with van der Waals surface area (Å²) in [7, 11) is 2.67. The fourth-order valence-corrected chi connectivity index (χ4v) is 3.56. The topological polar surface area (TPSA) is 119 Å². The Morgan fingerprint density at radius 3 is 2.52 bits per heavy atom. The molecule has 162 valence electrons. The van der Waals surface area contributed by atoms with Crippen LogP contribution in [0, 0.1) is 6.92 Å². The maximum Gasteiger partial charge on any atom is 0.333 e. The Hall–Kier alpha value is -3.53. The summed E-state index contributed by atoms with van der Waals surface area (Å²) in [5.74, 6) is -0.269. The molecule has 10 heteroatoms. The van der Waals surface area contributed by atoms with E-state index in [-0.39, 0.29) is 28.8 Å². The molecular formula is C21H22N4O5S. The van der Waals surface area contributed by atoms with Gasteiger partial charge in [-0.05, 0) is 31.2 Å². The molecule has 0 saturated heterocycles. The highest BCUT2D eigenvalue weighted by Crippen LogP contribution is 2.23. The number of nitrogens with zero attached hydrogens (tertiary/aromatic N) is 3. The van der Waals surface area contributed by atoms with E-state index in [1.165, 1.54) is 20.4 Å². The van der Waals surface area contributed by atoms with E-state index in [1.807, 2.05) is 19.1 Å². The molecule has 0 fully saturated rings. The van der Waals surface area contributed by atoms with E-state index < -0.39 is 17.1 Å². The Labute approximate surface area is 182 Å². The number of carbonyl (C=O) groups excluding carboxylic acids is 1. The first kappa shape index (κ1) is 22.2. The largest absolute Gasteiger partial charge is 0.494 e. The fourth-order valence-electron chi connectivity index (χ4n) is 2.70. The Balaban J connectivity index is 1.93. The molecule has 2 N–H and O–H groups in total. The van der Waals surface area contributed by atoms with Crippen molar-refractivity contribution in [2.24, 2.45) is 19.1 Å². The number of hydrogen-bond donors (Lipinski definition) is 2. The highest BCUT2D eigenvalue weighted by molar-refractivity contribution is 8.15. The summed E-state index contributed by atoms with van der Waals surface area (Å²) in [6.45, 7) is 2.16. The fraction of sp³-hybridized carbons (Fsp3) is 0.238. The molecular weight excluding hydrogens is 420 g/mol. The number of furan rings is 1. The summed E-state index contributed by atoms with van der Waals surface area (Å²) in [6, 6.07) is 10.7. The van der Waals surface area contributed by atoms with Gasteiger partial charge >= 0.3 is 5.69 Å². The molecule has 1 aromatic carbocycles. The van der Waals surface area contributed by atoms with E-state index in [1.54, 1.807) is 24.3 Å². The maximum atomic E-state index is 12.8. The second-order valence-electron chi connectivity index (χ2n) is 6.80. The van der Waals surface area contributed by atoms with Crippen LogP contribution >= 0.6 is 11.8 Å². The number of benzene rings is 1. The zero-order chi connectivity index (χ0) is 22.5. The van der Waals surface area contributed by atoms with Crippen molar-refractivity contribution in [3.05, 3.63) is 80.4 Å². The Kier molecular flexibility index (Phi) is 6.81. The van der Waals surface area contributed by atoms with Crippen molar-refractivity contribution in [2.75, 3.05) is 5.75 Å². The standard InChI is InChI=1S/C21H22N4O5S/c1-13-6-8-14(9-7-13)23-18(17-19(27)24(2)21(29)25(3)20(17)28)31-12-16(26)22-11-15-5-4-10-30-15/h4-10,27H,11-12H2,1-3H3,(H,22,26). The predicted molar refractivity (Wildman–Crippen MR) is 119 cm³/mol. The van der Waals surface area contributed by atoms with Crippen molar-refractivity contribution in [1.82, 2.24) is 14.5 Å². The highest BCUT2D eigenvalue weighted by Gasteiger charge is 2.21. The van der Waals surface area contributed by atoms with Crippen molar-refractivity contribution in [3.8, 4) is 5.88 Å². The third-order valence-electron chi connectivity index (χ3n) is 4.49. The number of aromatic hydroxyl groups is 1. The number of carbonyl (C=O) groups is 1. The van der Waals surface area contributed by atoms with E-state index in [4.69, 9.17) is 4.42 Å². The van der Waals surface area contributed by atoms with Gasteiger partial charge in [-0.3, -0.25) is 18.7 Å². The molecule has 9 nitrogen and oxygen atoms in total. The first-order valence-corrected chi connectivity index (χ1v) is 10.3. The van der Waals surface area contributed by atoms with E-state index in [0.29, 0.717) is 11.4 Å². The molecule has 0 aliphatic rings. The summed E-state index contributed by atoms with van der Waals surface area (Å²) in [4.78, 5) is 41.6. The maximum absolute atomic E-state index is 12.8. The molecule has 2 aromatic heterocycles. The number of aliphatic imine (C=N–C) groups is 1. The number of aromatic nitrogens is 2. The third-order valence-corrected chi connectivity index (χ3v) is 5.47. The molecule has 0 aliphatic heterocycles. The van der Waals surface area contributed by atoms with Crippen LogP contribution in [0.15, 0.2) is 61.7 Å². The lowest BCUT2D eigenvalue weighted by molar-refractivity contribution is -0.118. The summed E-state index contributed by atoms with van der Waals surface area (Å²) in [5, 5.41) is 13.4. The van der Waals surface area contributed by atoms with E-state index in [0.717, 1.165) is 26.5 Å². The molecule has 2 heterocycles. The molecule has 0 saturated carbocycles. The smallest absolute Gasteiger partial charge is 0.333 e. The number of hydrogen-bond acceptors (Lipinski definition) is 7. The van der Waals surface area contributed by atoms with E-state index in [9.17, 15) is 19.5 Å². The van der Waals surface area contributed by atoms with Crippen molar-refractivity contribution in [3.63, 3.8) is 0 Å². The van der Waals surface area contributed by atoms with Gasteiger partial charge in [0.2, 0.25) is 11.8 Å². The minimum Gasteiger partial charge on any atom is -0.494 e. The summed E-state index contributed by atoms with van der Waals surface area (Å²) < 4.78 is 7.03. The van der Waals surface area contributed by atoms with Crippen LogP contribution in [0.3, 0.4) is 0 Å². The van der Waals surface area contributed by atoms with Crippen molar-refractivity contribution < 1.29 is 14.3 Å². The zero-order valence-corrected chi connectivity index (χ0v) is 18.1. The summed E-state index contributed by atoms with van der Waals surface area (Å²) in [5.41, 5.74) is 0.0665. The van der Waals surface area contributed by atoms with Gasteiger partial charge in [-0.1, -0.05) is 29.5 Å². The minimum absolute atomic E-state index is 0.0587. The van der Waals surface area contributed by atoms with Crippen LogP contribution in [0.2, 0.25) is 0 Å². The third kappa shape index (κ3) is 5.15. The number of amides is 1. The van der Waals surface area contributed by atoms with Crippen molar-refractivity contribution in [1.29, 1.82) is 0 Å². The molecule has 3 rings (SSSR count). The minimum atomic E-state index is -0.699. The number of thioether (sulfide) groups is 1. The average molecular weight is 442 g/mol. The number of aryl methyl sites for hydroxylation is 1. The van der Waals surface area contributed by atoms with Gasteiger partial charge in [0.25, 0.3) is 5.56 Å². The lowest BCUT2D eigenvalue weighted by atomic mass is 10.2. The molecule has 0 radical (unpaired) electrons. The van der Waals surface area contributed by atoms with Gasteiger partial charge in [0.1, 0.15) is 16.4 Å². The monoisotopic (exact) mass is 442 g/mol. The van der Waals surface area contributed by atoms with Crippen LogP contribution in [-0.2, 0) is 25.4 Å². The van der Waals surface area contributed by atoms with Gasteiger partial charge < -0.3 is 14.8 Å². The summed E-state index contributed by atoms with van der Waals surface area (Å²) in [6.07, 6.45) is 1.51.